The second-order valence-electron chi connectivity index (χ2n) is 13.7. The highest BCUT2D eigenvalue weighted by Gasteiger charge is 2.61. The van der Waals surface area contributed by atoms with Gasteiger partial charge in [0, 0.05) is 16.8 Å². The van der Waals surface area contributed by atoms with Gasteiger partial charge in [0.2, 0.25) is 0 Å². The van der Waals surface area contributed by atoms with Crippen molar-refractivity contribution in [2.24, 2.45) is 23.7 Å². The third-order valence-electron chi connectivity index (χ3n) is 11.4. The third-order valence-corrected chi connectivity index (χ3v) is 11.7. The minimum Gasteiger partial charge on any atom is -0.309 e. The molecule has 0 unspecified atom stereocenters. The van der Waals surface area contributed by atoms with Crippen molar-refractivity contribution < 1.29 is 0 Å². The number of rotatable bonds is 4. The molecule has 212 valence electrons. The molecule has 1 spiro atoms. The Morgan fingerprint density at radius 2 is 1.16 bits per heavy atom. The second kappa shape index (κ2) is 9.60. The quantitative estimate of drug-likeness (QED) is 0.205. The zero-order valence-corrected chi connectivity index (χ0v) is 25.4. The standard InChI is InChI=1S/C41H36ClN/c1-26-11-15-33(16-12-26)43(34-17-13-30(14-18-34)29-7-3-2-4-8-29)40-25-38-36(24-39(40)42)35-9-5-6-10-37(35)41(38)31-20-27-19-28(22-31)23-32(41)21-27/h2-18,24-25,27-28,31-32H,19-23H2,1H3. The summed E-state index contributed by atoms with van der Waals surface area (Å²) in [6, 6.07) is 42.6. The van der Waals surface area contributed by atoms with Gasteiger partial charge in [0.05, 0.1) is 10.7 Å². The van der Waals surface area contributed by atoms with Gasteiger partial charge in [-0.1, -0.05) is 96.0 Å². The van der Waals surface area contributed by atoms with Crippen molar-refractivity contribution in [3.05, 3.63) is 137 Å². The SMILES string of the molecule is Cc1ccc(N(c2ccc(-c3ccccc3)cc2)c2cc3c(cc2Cl)-c2ccccc2C32C3CC4CC(C3)CC2C4)cc1. The maximum absolute atomic E-state index is 7.36. The Balaban J connectivity index is 1.24. The first-order chi connectivity index (χ1) is 21.1. The van der Waals surface area contributed by atoms with Crippen LogP contribution < -0.4 is 4.90 Å². The Kier molecular flexibility index (Phi) is 5.73. The summed E-state index contributed by atoms with van der Waals surface area (Å²) in [5.41, 5.74) is 13.0. The Morgan fingerprint density at radius 1 is 0.581 bits per heavy atom. The minimum absolute atomic E-state index is 0.106. The summed E-state index contributed by atoms with van der Waals surface area (Å²) >= 11 is 7.36. The molecule has 0 amide bonds. The summed E-state index contributed by atoms with van der Waals surface area (Å²) in [5.74, 6) is 3.28. The molecule has 0 radical (unpaired) electrons. The molecule has 1 nitrogen and oxygen atoms in total. The fraction of sp³-hybridized carbons (Fsp3) is 0.268. The number of benzene rings is 5. The fourth-order valence-electron chi connectivity index (χ4n) is 9.88. The van der Waals surface area contributed by atoms with Crippen molar-refractivity contribution in [1.29, 1.82) is 0 Å². The van der Waals surface area contributed by atoms with E-state index in [0.29, 0.717) is 0 Å². The molecule has 0 aromatic heterocycles. The first-order valence-corrected chi connectivity index (χ1v) is 16.4. The van der Waals surface area contributed by atoms with Crippen LogP contribution in [-0.4, -0.2) is 0 Å². The summed E-state index contributed by atoms with van der Waals surface area (Å²) in [7, 11) is 0. The lowest BCUT2D eigenvalue weighted by Crippen LogP contribution is -2.55. The van der Waals surface area contributed by atoms with Crippen molar-refractivity contribution in [3.63, 3.8) is 0 Å². The van der Waals surface area contributed by atoms with Gasteiger partial charge in [0.25, 0.3) is 0 Å². The molecule has 5 aliphatic carbocycles. The predicted molar refractivity (Wildman–Crippen MR) is 180 cm³/mol. The number of anilines is 3. The van der Waals surface area contributed by atoms with Gasteiger partial charge in [-0.2, -0.15) is 0 Å². The fourth-order valence-corrected chi connectivity index (χ4v) is 10.1. The van der Waals surface area contributed by atoms with Crippen molar-refractivity contribution >= 4 is 28.7 Å². The van der Waals surface area contributed by atoms with Crippen LogP contribution in [0.2, 0.25) is 5.02 Å². The molecule has 0 heterocycles. The van der Waals surface area contributed by atoms with Gasteiger partial charge >= 0.3 is 0 Å². The van der Waals surface area contributed by atoms with E-state index in [4.69, 9.17) is 11.6 Å². The average molecular weight is 578 g/mol. The normalized spacial score (nSPS) is 26.0. The first-order valence-electron chi connectivity index (χ1n) is 16.1. The van der Waals surface area contributed by atoms with Crippen LogP contribution in [0, 0.1) is 30.6 Å². The van der Waals surface area contributed by atoms with Crippen LogP contribution in [-0.2, 0) is 5.41 Å². The monoisotopic (exact) mass is 577 g/mol. The van der Waals surface area contributed by atoms with E-state index < -0.39 is 0 Å². The number of fused-ring (bicyclic) bond motifs is 3. The summed E-state index contributed by atoms with van der Waals surface area (Å²) in [4.78, 5) is 2.38. The Labute approximate surface area is 260 Å². The van der Waals surface area contributed by atoms with Crippen LogP contribution in [0.1, 0.15) is 48.8 Å². The van der Waals surface area contributed by atoms with Crippen molar-refractivity contribution in [2.45, 2.75) is 44.4 Å². The van der Waals surface area contributed by atoms with Crippen LogP contribution in [0.3, 0.4) is 0 Å². The van der Waals surface area contributed by atoms with Gasteiger partial charge < -0.3 is 4.90 Å². The lowest BCUT2D eigenvalue weighted by molar-refractivity contribution is -0.0399. The predicted octanol–water partition coefficient (Wildman–Crippen LogP) is 11.5. The highest BCUT2D eigenvalue weighted by molar-refractivity contribution is 6.34. The second-order valence-corrected chi connectivity index (χ2v) is 14.1. The largest absolute Gasteiger partial charge is 0.309 e. The highest BCUT2D eigenvalue weighted by Crippen LogP contribution is 2.70. The summed E-state index contributed by atoms with van der Waals surface area (Å²) in [5, 5.41) is 0.808. The number of hydrogen-bond donors (Lipinski definition) is 0. The third kappa shape index (κ3) is 3.77. The molecule has 5 aromatic rings. The Morgan fingerprint density at radius 3 is 1.84 bits per heavy atom. The van der Waals surface area contributed by atoms with Gasteiger partial charge in [-0.15, -0.1) is 0 Å². The van der Waals surface area contributed by atoms with Crippen LogP contribution in [0.15, 0.2) is 115 Å². The van der Waals surface area contributed by atoms with Crippen LogP contribution in [0.25, 0.3) is 22.3 Å². The zero-order valence-electron chi connectivity index (χ0n) is 24.6. The van der Waals surface area contributed by atoms with Crippen molar-refractivity contribution in [2.75, 3.05) is 4.90 Å². The summed E-state index contributed by atoms with van der Waals surface area (Å²) in [6.07, 6.45) is 6.97. The maximum Gasteiger partial charge on any atom is 0.0653 e. The molecule has 0 saturated heterocycles. The molecule has 43 heavy (non-hydrogen) atoms. The van der Waals surface area contributed by atoms with E-state index in [-0.39, 0.29) is 5.41 Å². The topological polar surface area (TPSA) is 3.24 Å². The van der Waals surface area contributed by atoms with E-state index in [0.717, 1.165) is 45.8 Å². The Hall–Kier alpha value is -3.81. The van der Waals surface area contributed by atoms with Gasteiger partial charge in [-0.25, -0.2) is 0 Å². The molecular weight excluding hydrogens is 542 g/mol. The van der Waals surface area contributed by atoms with Gasteiger partial charge in [-0.05, 0) is 132 Å². The summed E-state index contributed by atoms with van der Waals surface area (Å²) < 4.78 is 0. The van der Waals surface area contributed by atoms with Crippen molar-refractivity contribution in [1.82, 2.24) is 0 Å². The molecule has 4 bridgehead atoms. The van der Waals surface area contributed by atoms with E-state index in [1.54, 1.807) is 5.56 Å². The molecule has 0 atom stereocenters. The minimum atomic E-state index is 0.106. The molecule has 5 aliphatic rings. The number of aryl methyl sites for hydroxylation is 1. The van der Waals surface area contributed by atoms with Crippen molar-refractivity contribution in [3.8, 4) is 22.3 Å². The maximum atomic E-state index is 7.36. The molecular formula is C41H36ClN. The van der Waals surface area contributed by atoms with Crippen LogP contribution >= 0.6 is 11.6 Å². The lowest BCUT2D eigenvalue weighted by Gasteiger charge is -2.61. The number of halogens is 1. The van der Waals surface area contributed by atoms with Crippen LogP contribution in [0.5, 0.6) is 0 Å². The van der Waals surface area contributed by atoms with Gasteiger partial charge in [-0.3, -0.25) is 0 Å². The average Bonchev–Trinajstić information content (AvgIpc) is 3.31. The lowest BCUT2D eigenvalue weighted by atomic mass is 9.43. The van der Waals surface area contributed by atoms with E-state index in [1.165, 1.54) is 65.5 Å². The summed E-state index contributed by atoms with van der Waals surface area (Å²) in [6.45, 7) is 2.15. The van der Waals surface area contributed by atoms with E-state index in [9.17, 15) is 0 Å². The molecule has 4 saturated carbocycles. The molecule has 0 aliphatic heterocycles. The Bertz CT molecular complexity index is 1810. The first kappa shape index (κ1) is 25.7. The van der Waals surface area contributed by atoms with E-state index in [1.807, 2.05) is 0 Å². The molecule has 0 N–H and O–H groups in total. The highest BCUT2D eigenvalue weighted by atomic mass is 35.5. The van der Waals surface area contributed by atoms with Gasteiger partial charge in [0.15, 0.2) is 0 Å². The molecule has 10 rings (SSSR count). The molecule has 5 aromatic carbocycles. The smallest absolute Gasteiger partial charge is 0.0653 e. The molecule has 2 heteroatoms. The number of hydrogen-bond acceptors (Lipinski definition) is 1. The van der Waals surface area contributed by atoms with Crippen LogP contribution in [0.4, 0.5) is 17.1 Å². The zero-order chi connectivity index (χ0) is 28.7. The van der Waals surface area contributed by atoms with E-state index in [2.05, 4.69) is 127 Å². The molecule has 4 fully saturated rings. The number of nitrogens with zero attached hydrogens (tertiary/aromatic N) is 1. The van der Waals surface area contributed by atoms with E-state index >= 15 is 0 Å². The van der Waals surface area contributed by atoms with Gasteiger partial charge in [0.1, 0.15) is 0 Å².